The predicted octanol–water partition coefficient (Wildman–Crippen LogP) is 4.44. The third-order valence-electron chi connectivity index (χ3n) is 3.96. The number of hydrogen-bond donors (Lipinski definition) is 1. The monoisotopic (exact) mass is 428 g/mol. The Hall–Kier alpha value is -3.03. The Kier molecular flexibility index (Phi) is 6.41. The molecule has 2 aromatic carbocycles. The summed E-state index contributed by atoms with van der Waals surface area (Å²) in [6.07, 6.45) is 0. The maximum atomic E-state index is 12.8. The summed E-state index contributed by atoms with van der Waals surface area (Å²) < 4.78 is 5.07. The smallest absolute Gasteiger partial charge is 0.350 e. The van der Waals surface area contributed by atoms with E-state index in [4.69, 9.17) is 16.3 Å². The van der Waals surface area contributed by atoms with Gasteiger partial charge in [0.15, 0.2) is 12.4 Å². The molecule has 8 heteroatoms. The van der Waals surface area contributed by atoms with Crippen molar-refractivity contribution in [2.75, 3.05) is 11.9 Å². The van der Waals surface area contributed by atoms with Gasteiger partial charge in [0, 0.05) is 16.1 Å². The molecule has 0 spiro atoms. The molecular weight excluding hydrogens is 412 g/mol. The number of thiazole rings is 1. The minimum atomic E-state index is -0.611. The molecular formula is C21H17ClN2O4S. The summed E-state index contributed by atoms with van der Waals surface area (Å²) >= 11 is 7.24. The number of carbonyl (C=O) groups is 3. The molecule has 3 rings (SSSR count). The zero-order valence-electron chi connectivity index (χ0n) is 15.7. The molecule has 0 bridgehead atoms. The topological polar surface area (TPSA) is 85.4 Å². The Bertz CT molecular complexity index is 1080. The number of benzene rings is 2. The summed E-state index contributed by atoms with van der Waals surface area (Å²) in [5.41, 5.74) is 1.56. The number of amides is 1. The lowest BCUT2D eigenvalue weighted by atomic mass is 10.0. The number of ketones is 1. The normalized spacial score (nSPS) is 10.4. The second-order valence-corrected chi connectivity index (χ2v) is 7.80. The molecule has 0 atom stereocenters. The van der Waals surface area contributed by atoms with Crippen molar-refractivity contribution in [3.8, 4) is 0 Å². The molecule has 0 saturated carbocycles. The minimum absolute atomic E-state index is 0.248. The third-order valence-corrected chi connectivity index (χ3v) is 5.25. The number of hydrogen-bond acceptors (Lipinski definition) is 6. The van der Waals surface area contributed by atoms with Crippen LogP contribution in [-0.4, -0.2) is 29.3 Å². The summed E-state index contributed by atoms with van der Waals surface area (Å²) in [6, 6.07) is 13.2. The van der Waals surface area contributed by atoms with Gasteiger partial charge in [-0.05, 0) is 32.0 Å². The highest BCUT2D eigenvalue weighted by molar-refractivity contribution is 7.13. The van der Waals surface area contributed by atoms with E-state index >= 15 is 0 Å². The van der Waals surface area contributed by atoms with Crippen molar-refractivity contribution in [2.24, 2.45) is 0 Å². The standard InChI is InChI=1S/C21H17ClN2O4S/c1-12-20(29-13(2)23-12)21(27)28-11-18(25)24-17-9-8-15(22)10-16(17)19(26)14-6-4-3-5-7-14/h3-10H,11H2,1-2H3,(H,24,25). The van der Waals surface area contributed by atoms with Gasteiger partial charge in [0.25, 0.3) is 5.91 Å². The predicted molar refractivity (Wildman–Crippen MR) is 112 cm³/mol. The summed E-state index contributed by atoms with van der Waals surface area (Å²) in [5, 5.41) is 3.71. The van der Waals surface area contributed by atoms with Crippen LogP contribution in [0.25, 0.3) is 0 Å². The van der Waals surface area contributed by atoms with E-state index in [1.54, 1.807) is 50.2 Å². The first-order valence-corrected chi connectivity index (χ1v) is 9.85. The molecule has 0 saturated heterocycles. The van der Waals surface area contributed by atoms with Gasteiger partial charge in [0.2, 0.25) is 0 Å². The molecule has 29 heavy (non-hydrogen) atoms. The van der Waals surface area contributed by atoms with E-state index in [9.17, 15) is 14.4 Å². The Morgan fingerprint density at radius 1 is 1.10 bits per heavy atom. The highest BCUT2D eigenvalue weighted by Crippen LogP contribution is 2.24. The van der Waals surface area contributed by atoms with E-state index < -0.39 is 18.5 Å². The first-order valence-electron chi connectivity index (χ1n) is 8.65. The van der Waals surface area contributed by atoms with Crippen molar-refractivity contribution in [2.45, 2.75) is 13.8 Å². The van der Waals surface area contributed by atoms with Gasteiger partial charge in [0.1, 0.15) is 4.88 Å². The largest absolute Gasteiger partial charge is 0.451 e. The molecule has 0 fully saturated rings. The zero-order valence-corrected chi connectivity index (χ0v) is 17.3. The highest BCUT2D eigenvalue weighted by atomic mass is 35.5. The van der Waals surface area contributed by atoms with E-state index in [1.165, 1.54) is 23.5 Å². The molecule has 148 valence electrons. The highest BCUT2D eigenvalue weighted by Gasteiger charge is 2.19. The lowest BCUT2D eigenvalue weighted by Gasteiger charge is -2.11. The van der Waals surface area contributed by atoms with Gasteiger partial charge in [-0.3, -0.25) is 9.59 Å². The summed E-state index contributed by atoms with van der Waals surface area (Å²) in [5.74, 6) is -1.46. The van der Waals surface area contributed by atoms with Crippen molar-refractivity contribution >= 4 is 46.3 Å². The molecule has 0 aliphatic carbocycles. The van der Waals surface area contributed by atoms with Gasteiger partial charge in [-0.2, -0.15) is 0 Å². The molecule has 1 N–H and O–H groups in total. The average Bonchev–Trinajstić information content (AvgIpc) is 3.05. The van der Waals surface area contributed by atoms with Crippen molar-refractivity contribution in [1.82, 2.24) is 4.98 Å². The second-order valence-electron chi connectivity index (χ2n) is 6.16. The average molecular weight is 429 g/mol. The number of ether oxygens (including phenoxy) is 1. The zero-order chi connectivity index (χ0) is 21.0. The van der Waals surface area contributed by atoms with E-state index in [0.29, 0.717) is 21.2 Å². The van der Waals surface area contributed by atoms with Crippen LogP contribution in [0.5, 0.6) is 0 Å². The van der Waals surface area contributed by atoms with Crippen molar-refractivity contribution in [3.05, 3.63) is 80.3 Å². The maximum absolute atomic E-state index is 12.8. The number of rotatable bonds is 6. The van der Waals surface area contributed by atoms with Gasteiger partial charge >= 0.3 is 5.97 Å². The molecule has 1 heterocycles. The fourth-order valence-corrected chi connectivity index (χ4v) is 3.65. The van der Waals surface area contributed by atoms with Crippen molar-refractivity contribution in [1.29, 1.82) is 0 Å². The van der Waals surface area contributed by atoms with Crippen LogP contribution in [0.2, 0.25) is 5.02 Å². The summed E-state index contributed by atoms with van der Waals surface area (Å²) in [4.78, 5) is 41.7. The maximum Gasteiger partial charge on any atom is 0.350 e. The van der Waals surface area contributed by atoms with Crippen LogP contribution in [0.15, 0.2) is 48.5 Å². The van der Waals surface area contributed by atoms with Crippen LogP contribution in [0.3, 0.4) is 0 Å². The van der Waals surface area contributed by atoms with Crippen LogP contribution < -0.4 is 5.32 Å². The van der Waals surface area contributed by atoms with E-state index in [-0.39, 0.29) is 17.0 Å². The Morgan fingerprint density at radius 3 is 2.48 bits per heavy atom. The minimum Gasteiger partial charge on any atom is -0.451 e. The SMILES string of the molecule is Cc1nc(C)c(C(=O)OCC(=O)Nc2ccc(Cl)cc2C(=O)c2ccccc2)s1. The fourth-order valence-electron chi connectivity index (χ4n) is 2.66. The number of aryl methyl sites for hydroxylation is 2. The summed E-state index contributed by atoms with van der Waals surface area (Å²) in [6.45, 7) is 3.00. The third kappa shape index (κ3) is 5.07. The van der Waals surface area contributed by atoms with Gasteiger partial charge < -0.3 is 10.1 Å². The van der Waals surface area contributed by atoms with Crippen LogP contribution in [0, 0.1) is 13.8 Å². The van der Waals surface area contributed by atoms with Gasteiger partial charge in [-0.1, -0.05) is 41.9 Å². The van der Waals surface area contributed by atoms with E-state index in [1.807, 2.05) is 0 Å². The van der Waals surface area contributed by atoms with E-state index in [0.717, 1.165) is 5.01 Å². The first-order chi connectivity index (χ1) is 13.8. The molecule has 0 radical (unpaired) electrons. The number of nitrogens with one attached hydrogen (secondary N) is 1. The number of anilines is 1. The van der Waals surface area contributed by atoms with E-state index in [2.05, 4.69) is 10.3 Å². The molecule has 0 aliphatic rings. The van der Waals surface area contributed by atoms with Gasteiger partial charge in [-0.15, -0.1) is 11.3 Å². The van der Waals surface area contributed by atoms with Crippen LogP contribution in [0.1, 0.15) is 36.3 Å². The number of nitrogens with zero attached hydrogens (tertiary/aromatic N) is 1. The number of aromatic nitrogens is 1. The number of halogens is 1. The van der Waals surface area contributed by atoms with Crippen LogP contribution >= 0.6 is 22.9 Å². The molecule has 0 aliphatic heterocycles. The lowest BCUT2D eigenvalue weighted by molar-refractivity contribution is -0.119. The Balaban J connectivity index is 1.71. The fraction of sp³-hybridized carbons (Fsp3) is 0.143. The number of esters is 1. The first kappa shape index (κ1) is 20.7. The molecule has 6 nitrogen and oxygen atoms in total. The molecule has 0 unspecified atom stereocenters. The lowest BCUT2D eigenvalue weighted by Crippen LogP contribution is -2.22. The molecule has 1 aromatic heterocycles. The van der Waals surface area contributed by atoms with Crippen molar-refractivity contribution in [3.63, 3.8) is 0 Å². The summed E-state index contributed by atoms with van der Waals surface area (Å²) in [7, 11) is 0. The molecule has 3 aromatic rings. The molecule has 1 amide bonds. The van der Waals surface area contributed by atoms with Crippen molar-refractivity contribution < 1.29 is 19.1 Å². The Labute approximate surface area is 176 Å². The van der Waals surface area contributed by atoms with Crippen LogP contribution in [0.4, 0.5) is 5.69 Å². The van der Waals surface area contributed by atoms with Gasteiger partial charge in [-0.25, -0.2) is 9.78 Å². The van der Waals surface area contributed by atoms with Gasteiger partial charge in [0.05, 0.1) is 16.4 Å². The van der Waals surface area contributed by atoms with Crippen LogP contribution in [-0.2, 0) is 9.53 Å². The Morgan fingerprint density at radius 2 is 1.83 bits per heavy atom. The number of carbonyl (C=O) groups excluding carboxylic acids is 3. The quantitative estimate of drug-likeness (QED) is 0.463. The second kappa shape index (κ2) is 8.98.